The van der Waals surface area contributed by atoms with Crippen LogP contribution in [0.5, 0.6) is 5.75 Å². The summed E-state index contributed by atoms with van der Waals surface area (Å²) in [5.74, 6) is 0.444. The molecule has 1 unspecified atom stereocenters. The number of rotatable bonds is 3. The highest BCUT2D eigenvalue weighted by Crippen LogP contribution is 2.33. The molecule has 7 heteroatoms. The lowest BCUT2D eigenvalue weighted by molar-refractivity contribution is -0.0366. The van der Waals surface area contributed by atoms with Gasteiger partial charge in [-0.25, -0.2) is 4.68 Å². The first-order chi connectivity index (χ1) is 9.66. The number of hydrogen-bond donors (Lipinski definition) is 2. The summed E-state index contributed by atoms with van der Waals surface area (Å²) >= 11 is 0. The molecule has 1 aromatic heterocycles. The average molecular weight is 276 g/mol. The number of aryl methyl sites for hydroxylation is 1. The number of benzene rings is 1. The Kier molecular flexibility index (Phi) is 3.65. The highest BCUT2D eigenvalue weighted by Gasteiger charge is 2.22. The zero-order valence-electron chi connectivity index (χ0n) is 11.3. The van der Waals surface area contributed by atoms with Crippen LogP contribution in [-0.4, -0.2) is 33.8 Å². The maximum absolute atomic E-state index is 9.03. The number of ether oxygens (including phenoxy) is 1. The molecule has 0 aliphatic carbocycles. The van der Waals surface area contributed by atoms with Gasteiger partial charge in [-0.1, -0.05) is 6.07 Å². The van der Waals surface area contributed by atoms with E-state index in [2.05, 4.69) is 5.10 Å². The van der Waals surface area contributed by atoms with Gasteiger partial charge >= 0.3 is 7.32 Å². The number of nitrogens with zero attached hydrogens (tertiary/aromatic N) is 2. The van der Waals surface area contributed by atoms with Crippen molar-refractivity contribution in [1.29, 1.82) is 0 Å². The first kappa shape index (κ1) is 13.4. The van der Waals surface area contributed by atoms with Crippen LogP contribution in [0.1, 0.15) is 31.1 Å². The quantitative estimate of drug-likeness (QED) is 0.828. The molecule has 20 heavy (non-hydrogen) atoms. The minimum absolute atomic E-state index is 0.0594. The van der Waals surface area contributed by atoms with E-state index < -0.39 is 7.32 Å². The Hall–Kier alpha value is -1.57. The fraction of sp³-hybridized carbons (Fsp3) is 0.462. The van der Waals surface area contributed by atoms with E-state index in [0.29, 0.717) is 5.75 Å². The fourth-order valence-corrected chi connectivity index (χ4v) is 2.61. The molecule has 2 N–H and O–H groups in total. The first-order valence-electron chi connectivity index (χ1n) is 6.78. The second kappa shape index (κ2) is 5.44. The second-order valence-electron chi connectivity index (χ2n) is 5.00. The molecule has 1 fully saturated rings. The molecule has 1 aliphatic rings. The van der Waals surface area contributed by atoms with Crippen LogP contribution in [-0.2, 0) is 4.74 Å². The largest absolute Gasteiger partial charge is 0.707 e. The summed E-state index contributed by atoms with van der Waals surface area (Å²) in [4.78, 5) is 0. The number of fused-ring (bicyclic) bond motifs is 1. The van der Waals surface area contributed by atoms with Crippen LogP contribution >= 0.6 is 0 Å². The predicted molar refractivity (Wildman–Crippen MR) is 74.1 cm³/mol. The number of hydrogen-bond acceptors (Lipinski definition) is 5. The Morgan fingerprint density at radius 3 is 2.95 bits per heavy atom. The molecule has 6 nitrogen and oxygen atoms in total. The van der Waals surface area contributed by atoms with E-state index in [0.717, 1.165) is 42.3 Å². The zero-order chi connectivity index (χ0) is 14.1. The van der Waals surface area contributed by atoms with Crippen molar-refractivity contribution in [3.63, 3.8) is 0 Å². The van der Waals surface area contributed by atoms with Crippen LogP contribution < -0.4 is 4.65 Å². The molecule has 1 aliphatic heterocycles. The normalized spacial score (nSPS) is 19.2. The molecule has 0 bridgehead atoms. The van der Waals surface area contributed by atoms with E-state index in [4.69, 9.17) is 19.4 Å². The van der Waals surface area contributed by atoms with Gasteiger partial charge in [-0.15, -0.1) is 0 Å². The first-order valence-corrected chi connectivity index (χ1v) is 6.78. The Morgan fingerprint density at radius 1 is 1.40 bits per heavy atom. The summed E-state index contributed by atoms with van der Waals surface area (Å²) in [5, 5.41) is 23.2. The van der Waals surface area contributed by atoms with Crippen molar-refractivity contribution in [3.8, 4) is 5.75 Å². The molecule has 0 spiro atoms. The van der Waals surface area contributed by atoms with E-state index >= 15 is 0 Å². The van der Waals surface area contributed by atoms with Crippen molar-refractivity contribution in [2.75, 3.05) is 6.61 Å². The predicted octanol–water partition coefficient (Wildman–Crippen LogP) is 1.39. The van der Waals surface area contributed by atoms with Gasteiger partial charge in [0.1, 0.15) is 5.75 Å². The number of aromatic nitrogens is 2. The molecule has 0 radical (unpaired) electrons. The van der Waals surface area contributed by atoms with Gasteiger partial charge in [0.2, 0.25) is 0 Å². The molecular formula is C13H17BN2O4. The van der Waals surface area contributed by atoms with Crippen molar-refractivity contribution in [2.45, 2.75) is 32.4 Å². The Labute approximate surface area is 117 Å². The standard InChI is InChI=1S/C13H17BN2O4/c1-9-5-6-11-10(13(9)20-14(17)18)8-15-16(11)12-4-2-3-7-19-12/h5-6,8,12,17-18H,2-4,7H2,1H3. The monoisotopic (exact) mass is 276 g/mol. The van der Waals surface area contributed by atoms with E-state index in [1.807, 2.05) is 23.7 Å². The molecule has 0 amide bonds. The molecule has 106 valence electrons. The van der Waals surface area contributed by atoms with Gasteiger partial charge in [0.15, 0.2) is 6.23 Å². The summed E-state index contributed by atoms with van der Waals surface area (Å²) in [7, 11) is -1.84. The molecule has 1 aromatic carbocycles. The van der Waals surface area contributed by atoms with Crippen LogP contribution in [0.15, 0.2) is 18.3 Å². The third-order valence-corrected chi connectivity index (χ3v) is 3.58. The summed E-state index contributed by atoms with van der Waals surface area (Å²) in [5.41, 5.74) is 1.70. The lowest BCUT2D eigenvalue weighted by Gasteiger charge is -2.23. The third kappa shape index (κ3) is 2.39. The second-order valence-corrected chi connectivity index (χ2v) is 5.00. The lowest BCUT2D eigenvalue weighted by Crippen LogP contribution is -2.21. The van der Waals surface area contributed by atoms with Crippen molar-refractivity contribution < 1.29 is 19.4 Å². The van der Waals surface area contributed by atoms with Gasteiger partial charge in [-0.2, -0.15) is 5.10 Å². The molecule has 2 heterocycles. The zero-order valence-corrected chi connectivity index (χ0v) is 11.3. The fourth-order valence-electron chi connectivity index (χ4n) is 2.61. The van der Waals surface area contributed by atoms with Crippen molar-refractivity contribution in [1.82, 2.24) is 9.78 Å². The van der Waals surface area contributed by atoms with Gasteiger partial charge in [0.05, 0.1) is 17.1 Å². The maximum atomic E-state index is 9.03. The molecule has 2 aromatic rings. The van der Waals surface area contributed by atoms with Gasteiger partial charge in [0.25, 0.3) is 0 Å². The van der Waals surface area contributed by atoms with Gasteiger partial charge in [-0.05, 0) is 37.8 Å². The highest BCUT2D eigenvalue weighted by atomic mass is 16.6. The smallest absolute Gasteiger partial charge is 0.511 e. The molecule has 1 saturated heterocycles. The van der Waals surface area contributed by atoms with Gasteiger partial charge < -0.3 is 19.4 Å². The Balaban J connectivity index is 2.04. The maximum Gasteiger partial charge on any atom is 0.707 e. The topological polar surface area (TPSA) is 76.7 Å². The lowest BCUT2D eigenvalue weighted by atomic mass is 10.1. The van der Waals surface area contributed by atoms with E-state index in [9.17, 15) is 0 Å². The molecular weight excluding hydrogens is 259 g/mol. The highest BCUT2D eigenvalue weighted by molar-refractivity contribution is 6.34. The van der Waals surface area contributed by atoms with Crippen LogP contribution in [0.25, 0.3) is 10.9 Å². The van der Waals surface area contributed by atoms with Crippen molar-refractivity contribution in [3.05, 3.63) is 23.9 Å². The summed E-state index contributed by atoms with van der Waals surface area (Å²) in [6.45, 7) is 2.60. The molecule has 0 saturated carbocycles. The summed E-state index contributed by atoms with van der Waals surface area (Å²) in [6.07, 6.45) is 4.76. The van der Waals surface area contributed by atoms with Gasteiger partial charge in [-0.3, -0.25) is 0 Å². The van der Waals surface area contributed by atoms with Crippen molar-refractivity contribution in [2.24, 2.45) is 0 Å². The van der Waals surface area contributed by atoms with Gasteiger partial charge in [0, 0.05) is 6.61 Å². The Morgan fingerprint density at radius 2 is 2.25 bits per heavy atom. The molecule has 3 rings (SSSR count). The summed E-state index contributed by atoms with van der Waals surface area (Å²) < 4.78 is 12.7. The molecule has 1 atom stereocenters. The van der Waals surface area contributed by atoms with Crippen LogP contribution in [0, 0.1) is 6.92 Å². The minimum atomic E-state index is -1.84. The summed E-state index contributed by atoms with van der Waals surface area (Å²) in [6, 6.07) is 3.83. The SMILES string of the molecule is Cc1ccc2c(cnn2C2CCCCO2)c1OB(O)O. The van der Waals surface area contributed by atoms with Crippen molar-refractivity contribution >= 4 is 18.2 Å². The third-order valence-electron chi connectivity index (χ3n) is 3.58. The Bertz CT molecular complexity index is 608. The van der Waals surface area contributed by atoms with E-state index in [-0.39, 0.29) is 6.23 Å². The average Bonchev–Trinajstić information content (AvgIpc) is 2.87. The van der Waals surface area contributed by atoms with E-state index in [1.54, 1.807) is 6.20 Å². The van der Waals surface area contributed by atoms with Crippen LogP contribution in [0.2, 0.25) is 0 Å². The minimum Gasteiger partial charge on any atom is -0.511 e. The van der Waals surface area contributed by atoms with Crippen LogP contribution in [0.4, 0.5) is 0 Å². The van der Waals surface area contributed by atoms with E-state index in [1.165, 1.54) is 0 Å². The van der Waals surface area contributed by atoms with Crippen LogP contribution in [0.3, 0.4) is 0 Å².